The van der Waals surface area contributed by atoms with E-state index >= 15 is 0 Å². The van der Waals surface area contributed by atoms with E-state index in [4.69, 9.17) is 9.47 Å². The molecule has 2 saturated heterocycles. The molecule has 33 heavy (non-hydrogen) atoms. The molecule has 0 aromatic heterocycles. The number of ether oxygens (including phenoxy) is 2. The van der Waals surface area contributed by atoms with E-state index in [-0.39, 0.29) is 23.8 Å². The Morgan fingerprint density at radius 1 is 1.12 bits per heavy atom. The number of nitrogens with zero attached hydrogens (tertiary/aromatic N) is 1. The Kier molecular flexibility index (Phi) is 6.63. The van der Waals surface area contributed by atoms with Gasteiger partial charge >= 0.3 is 0 Å². The Bertz CT molecular complexity index is 920. The van der Waals surface area contributed by atoms with Crippen molar-refractivity contribution < 1.29 is 23.9 Å². The normalized spacial score (nSPS) is 29.2. The first-order valence-electron chi connectivity index (χ1n) is 11.7. The van der Waals surface area contributed by atoms with Crippen molar-refractivity contribution in [3.8, 4) is 5.75 Å². The number of hydrogen-bond donors (Lipinski definition) is 3. The van der Waals surface area contributed by atoms with Gasteiger partial charge in [0.25, 0.3) is 0 Å². The molecule has 3 aliphatic heterocycles. The van der Waals surface area contributed by atoms with E-state index in [0.29, 0.717) is 32.5 Å². The van der Waals surface area contributed by atoms with Crippen LogP contribution >= 0.6 is 0 Å². The maximum atomic E-state index is 13.6. The van der Waals surface area contributed by atoms with Crippen molar-refractivity contribution in [3.05, 3.63) is 29.8 Å². The highest BCUT2D eigenvalue weighted by Crippen LogP contribution is 2.43. The van der Waals surface area contributed by atoms with E-state index in [9.17, 15) is 14.4 Å². The number of nitrogens with one attached hydrogen (secondary N) is 3. The molecule has 0 bridgehead atoms. The minimum Gasteiger partial charge on any atom is -0.493 e. The summed E-state index contributed by atoms with van der Waals surface area (Å²) in [6.45, 7) is 6.55. The SMILES string of the molecule is CN[C@@H](C)C(=O)N[C@H]1CCO[C@H]2CC(C)(C)[C@@H](C(=O)N[C@@H]3CCOc4ccccc43)N2C1=O. The fraction of sp³-hybridized carbons (Fsp3) is 0.625. The third-order valence-electron chi connectivity index (χ3n) is 6.96. The third-order valence-corrected chi connectivity index (χ3v) is 6.96. The lowest BCUT2D eigenvalue weighted by atomic mass is 9.83. The van der Waals surface area contributed by atoms with Crippen LogP contribution in [-0.2, 0) is 19.1 Å². The molecule has 1 aromatic rings. The van der Waals surface area contributed by atoms with Crippen molar-refractivity contribution in [2.75, 3.05) is 20.3 Å². The average molecular weight is 459 g/mol. The highest BCUT2D eigenvalue weighted by atomic mass is 16.5. The molecular formula is C24H34N4O5. The molecule has 0 aliphatic carbocycles. The van der Waals surface area contributed by atoms with Crippen LogP contribution in [0.2, 0.25) is 0 Å². The first-order valence-corrected chi connectivity index (χ1v) is 11.7. The Morgan fingerprint density at radius 2 is 1.85 bits per heavy atom. The monoisotopic (exact) mass is 458 g/mol. The second-order valence-corrected chi connectivity index (χ2v) is 9.76. The quantitative estimate of drug-likeness (QED) is 0.610. The summed E-state index contributed by atoms with van der Waals surface area (Å²) in [5.41, 5.74) is 0.452. The van der Waals surface area contributed by atoms with Gasteiger partial charge in [-0.15, -0.1) is 0 Å². The van der Waals surface area contributed by atoms with Crippen molar-refractivity contribution >= 4 is 17.7 Å². The van der Waals surface area contributed by atoms with Crippen LogP contribution in [0, 0.1) is 5.41 Å². The molecule has 180 valence electrons. The zero-order valence-corrected chi connectivity index (χ0v) is 19.7. The van der Waals surface area contributed by atoms with Gasteiger partial charge in [0.1, 0.15) is 24.1 Å². The predicted octanol–water partition coefficient (Wildman–Crippen LogP) is 1.09. The molecule has 5 atom stereocenters. The summed E-state index contributed by atoms with van der Waals surface area (Å²) in [7, 11) is 1.69. The van der Waals surface area contributed by atoms with Crippen molar-refractivity contribution in [3.63, 3.8) is 0 Å². The molecule has 3 amide bonds. The van der Waals surface area contributed by atoms with E-state index < -0.39 is 29.8 Å². The summed E-state index contributed by atoms with van der Waals surface area (Å²) in [4.78, 5) is 41.2. The van der Waals surface area contributed by atoms with E-state index in [2.05, 4.69) is 16.0 Å². The number of benzene rings is 1. The summed E-state index contributed by atoms with van der Waals surface area (Å²) in [5, 5.41) is 8.88. The molecular weight excluding hydrogens is 424 g/mol. The van der Waals surface area contributed by atoms with Gasteiger partial charge in [0.2, 0.25) is 17.7 Å². The zero-order valence-electron chi connectivity index (χ0n) is 19.7. The standard InChI is InChI=1S/C24H34N4O5/c1-14(25-4)21(29)27-17-10-12-33-19-13-24(2,3)20(28(19)23(17)31)22(30)26-16-9-11-32-18-8-6-5-7-15(16)18/h5-8,14,16-17,19-20,25H,9-13H2,1-4H3,(H,26,30)(H,27,29)/t14-,16+,17-,19-,20+/m0/s1. The topological polar surface area (TPSA) is 109 Å². The Labute approximate surface area is 194 Å². The molecule has 4 rings (SSSR count). The summed E-state index contributed by atoms with van der Waals surface area (Å²) in [5.74, 6) is 0.0322. The minimum absolute atomic E-state index is 0.188. The van der Waals surface area contributed by atoms with E-state index in [1.165, 1.54) is 0 Å². The average Bonchev–Trinajstić information content (AvgIpc) is 2.99. The Balaban J connectivity index is 1.56. The Morgan fingerprint density at radius 3 is 2.61 bits per heavy atom. The molecule has 9 nitrogen and oxygen atoms in total. The fourth-order valence-electron chi connectivity index (χ4n) is 5.02. The first kappa shape index (κ1) is 23.5. The van der Waals surface area contributed by atoms with Crippen LogP contribution in [0.5, 0.6) is 5.75 Å². The summed E-state index contributed by atoms with van der Waals surface area (Å²) < 4.78 is 11.7. The van der Waals surface area contributed by atoms with Crippen LogP contribution in [0.1, 0.15) is 51.6 Å². The zero-order chi connectivity index (χ0) is 23.8. The van der Waals surface area contributed by atoms with Gasteiger partial charge in [-0.3, -0.25) is 14.4 Å². The first-order chi connectivity index (χ1) is 15.7. The number of carbonyl (C=O) groups is 3. The molecule has 9 heteroatoms. The largest absolute Gasteiger partial charge is 0.493 e. The molecule has 0 unspecified atom stereocenters. The van der Waals surface area contributed by atoms with Crippen molar-refractivity contribution in [2.24, 2.45) is 5.41 Å². The Hall–Kier alpha value is -2.65. The lowest BCUT2D eigenvalue weighted by Crippen LogP contribution is -2.58. The molecule has 1 aromatic carbocycles. The number of hydrogen-bond acceptors (Lipinski definition) is 6. The molecule has 3 heterocycles. The summed E-state index contributed by atoms with van der Waals surface area (Å²) in [6.07, 6.45) is 1.09. The van der Waals surface area contributed by atoms with Crippen molar-refractivity contribution in [2.45, 2.75) is 70.4 Å². The van der Waals surface area contributed by atoms with Gasteiger partial charge in [-0.25, -0.2) is 0 Å². The van der Waals surface area contributed by atoms with Crippen LogP contribution in [0.3, 0.4) is 0 Å². The number of carbonyl (C=O) groups excluding carboxylic acids is 3. The summed E-state index contributed by atoms with van der Waals surface area (Å²) in [6, 6.07) is 5.63. The molecule has 0 saturated carbocycles. The maximum Gasteiger partial charge on any atom is 0.247 e. The molecule has 0 radical (unpaired) electrons. The van der Waals surface area contributed by atoms with Gasteiger partial charge in [-0.1, -0.05) is 32.0 Å². The number of para-hydroxylation sites is 1. The van der Waals surface area contributed by atoms with E-state index in [1.807, 2.05) is 38.1 Å². The number of rotatable bonds is 5. The van der Waals surface area contributed by atoms with E-state index in [0.717, 1.165) is 11.3 Å². The maximum absolute atomic E-state index is 13.6. The lowest BCUT2D eigenvalue weighted by molar-refractivity contribution is -0.150. The number of amides is 3. The predicted molar refractivity (Wildman–Crippen MR) is 121 cm³/mol. The molecule has 3 N–H and O–H groups in total. The van der Waals surface area contributed by atoms with Crippen LogP contribution in [-0.4, -0.2) is 67.2 Å². The molecule has 0 spiro atoms. The van der Waals surface area contributed by atoms with Gasteiger partial charge < -0.3 is 30.3 Å². The highest BCUT2D eigenvalue weighted by molar-refractivity contribution is 5.94. The molecule has 2 fully saturated rings. The lowest BCUT2D eigenvalue weighted by Gasteiger charge is -2.35. The highest BCUT2D eigenvalue weighted by Gasteiger charge is 2.55. The van der Waals surface area contributed by atoms with Gasteiger partial charge in [0, 0.05) is 18.4 Å². The van der Waals surface area contributed by atoms with Gasteiger partial charge in [0.05, 0.1) is 25.3 Å². The molecule has 3 aliphatic rings. The number of likely N-dealkylation sites (N-methyl/N-ethyl adjacent to an activating group) is 1. The fourth-order valence-corrected chi connectivity index (χ4v) is 5.02. The summed E-state index contributed by atoms with van der Waals surface area (Å²) >= 11 is 0. The van der Waals surface area contributed by atoms with Crippen molar-refractivity contribution in [1.82, 2.24) is 20.9 Å². The second-order valence-electron chi connectivity index (χ2n) is 9.76. The van der Waals surface area contributed by atoms with Crippen LogP contribution in [0.25, 0.3) is 0 Å². The second kappa shape index (κ2) is 9.30. The third kappa shape index (κ3) is 4.56. The van der Waals surface area contributed by atoms with Gasteiger partial charge in [-0.05, 0) is 31.9 Å². The van der Waals surface area contributed by atoms with Crippen LogP contribution < -0.4 is 20.7 Å². The van der Waals surface area contributed by atoms with Gasteiger partial charge in [0.15, 0.2) is 0 Å². The van der Waals surface area contributed by atoms with Gasteiger partial charge in [-0.2, -0.15) is 0 Å². The van der Waals surface area contributed by atoms with Crippen LogP contribution in [0.15, 0.2) is 24.3 Å². The van der Waals surface area contributed by atoms with Crippen molar-refractivity contribution in [1.29, 1.82) is 0 Å². The number of fused-ring (bicyclic) bond motifs is 2. The van der Waals surface area contributed by atoms with Crippen LogP contribution in [0.4, 0.5) is 0 Å². The van der Waals surface area contributed by atoms with E-state index in [1.54, 1.807) is 18.9 Å². The smallest absolute Gasteiger partial charge is 0.247 e. The minimum atomic E-state index is -0.730.